The molecule has 5 rings (SSSR count). The maximum atomic E-state index is 13.2. The van der Waals surface area contributed by atoms with E-state index in [1.165, 1.54) is 6.42 Å². The second kappa shape index (κ2) is 9.46. The number of carbonyl (C=O) groups is 1. The maximum absolute atomic E-state index is 13.2. The third-order valence-corrected chi connectivity index (χ3v) is 5.84. The summed E-state index contributed by atoms with van der Waals surface area (Å²) in [5, 5.41) is 3.61. The van der Waals surface area contributed by atoms with Gasteiger partial charge in [-0.25, -0.2) is 9.97 Å². The number of benzene rings is 3. The highest BCUT2D eigenvalue weighted by molar-refractivity contribution is 6.30. The van der Waals surface area contributed by atoms with Crippen molar-refractivity contribution in [3.8, 4) is 11.5 Å². The van der Waals surface area contributed by atoms with Crippen LogP contribution in [0.2, 0.25) is 5.02 Å². The van der Waals surface area contributed by atoms with E-state index in [0.29, 0.717) is 39.2 Å². The fraction of sp³-hybridized carbons (Fsp3) is 0.192. The molecule has 1 saturated heterocycles. The number of piperidine rings is 1. The van der Waals surface area contributed by atoms with E-state index in [1.54, 1.807) is 36.4 Å². The SMILES string of the molecule is O=C(Nc1ccc(Oc2ccc(Cl)cc2)cc1)c1nc2ccccc2nc1N1CCCCC1. The van der Waals surface area contributed by atoms with Crippen LogP contribution < -0.4 is 15.0 Å². The lowest BCUT2D eigenvalue weighted by molar-refractivity contribution is 0.102. The van der Waals surface area contributed by atoms with Crippen molar-refractivity contribution in [3.05, 3.63) is 83.5 Å². The van der Waals surface area contributed by atoms with Crippen molar-refractivity contribution in [3.63, 3.8) is 0 Å². The lowest BCUT2D eigenvalue weighted by atomic mass is 10.1. The molecule has 0 spiro atoms. The van der Waals surface area contributed by atoms with Gasteiger partial charge in [0.1, 0.15) is 11.5 Å². The molecule has 1 fully saturated rings. The minimum atomic E-state index is -0.278. The molecule has 2 heterocycles. The highest BCUT2D eigenvalue weighted by Crippen LogP contribution is 2.27. The van der Waals surface area contributed by atoms with Crippen molar-refractivity contribution in [1.29, 1.82) is 0 Å². The summed E-state index contributed by atoms with van der Waals surface area (Å²) < 4.78 is 5.82. The van der Waals surface area contributed by atoms with E-state index in [2.05, 4.69) is 15.2 Å². The average Bonchev–Trinajstić information content (AvgIpc) is 2.86. The summed E-state index contributed by atoms with van der Waals surface area (Å²) in [4.78, 5) is 24.9. The molecule has 0 saturated carbocycles. The summed E-state index contributed by atoms with van der Waals surface area (Å²) in [7, 11) is 0. The van der Waals surface area contributed by atoms with E-state index in [0.717, 1.165) is 31.4 Å². The number of hydrogen-bond donors (Lipinski definition) is 1. The van der Waals surface area contributed by atoms with E-state index >= 15 is 0 Å². The second-order valence-corrected chi connectivity index (χ2v) is 8.40. The molecule has 0 bridgehead atoms. The topological polar surface area (TPSA) is 67.3 Å². The molecule has 4 aromatic rings. The van der Waals surface area contributed by atoms with Crippen LogP contribution in [0.15, 0.2) is 72.8 Å². The molecular formula is C26H23ClN4O2. The van der Waals surface area contributed by atoms with E-state index in [1.807, 2.05) is 36.4 Å². The van der Waals surface area contributed by atoms with Crippen LogP contribution in [0.1, 0.15) is 29.8 Å². The van der Waals surface area contributed by atoms with Crippen molar-refractivity contribution >= 4 is 40.0 Å². The number of para-hydroxylation sites is 2. The molecule has 0 aliphatic carbocycles. The van der Waals surface area contributed by atoms with Gasteiger partial charge in [-0.1, -0.05) is 23.7 Å². The first-order valence-electron chi connectivity index (χ1n) is 11.0. The maximum Gasteiger partial charge on any atom is 0.278 e. The molecule has 6 nitrogen and oxygen atoms in total. The summed E-state index contributed by atoms with van der Waals surface area (Å²) in [6, 6.07) is 22.0. The van der Waals surface area contributed by atoms with Gasteiger partial charge in [0.05, 0.1) is 11.0 Å². The lowest BCUT2D eigenvalue weighted by Crippen LogP contribution is -2.33. The smallest absolute Gasteiger partial charge is 0.278 e. The summed E-state index contributed by atoms with van der Waals surface area (Å²) in [5.74, 6) is 1.72. The van der Waals surface area contributed by atoms with E-state index in [9.17, 15) is 4.79 Å². The predicted octanol–water partition coefficient (Wildman–Crippen LogP) is 6.32. The van der Waals surface area contributed by atoms with E-state index in [4.69, 9.17) is 21.3 Å². The Bertz CT molecular complexity index is 1270. The van der Waals surface area contributed by atoms with Crippen molar-refractivity contribution in [2.75, 3.05) is 23.3 Å². The molecule has 1 N–H and O–H groups in total. The number of nitrogens with zero attached hydrogens (tertiary/aromatic N) is 3. The first-order chi connectivity index (χ1) is 16.2. The molecule has 1 aromatic heterocycles. The number of rotatable bonds is 5. The summed E-state index contributed by atoms with van der Waals surface area (Å²) in [6.45, 7) is 1.76. The predicted molar refractivity (Wildman–Crippen MR) is 132 cm³/mol. The first-order valence-corrected chi connectivity index (χ1v) is 11.4. The van der Waals surface area contributed by atoms with Crippen LogP contribution in [0.3, 0.4) is 0 Å². The van der Waals surface area contributed by atoms with Crippen molar-refractivity contribution < 1.29 is 9.53 Å². The van der Waals surface area contributed by atoms with Crippen LogP contribution in [0.4, 0.5) is 11.5 Å². The van der Waals surface area contributed by atoms with Gasteiger partial charge < -0.3 is 15.0 Å². The molecule has 7 heteroatoms. The fourth-order valence-corrected chi connectivity index (χ4v) is 4.03. The monoisotopic (exact) mass is 458 g/mol. The number of aromatic nitrogens is 2. The number of nitrogens with one attached hydrogen (secondary N) is 1. The second-order valence-electron chi connectivity index (χ2n) is 7.97. The standard InChI is InChI=1S/C26H23ClN4O2/c27-18-8-12-20(13-9-18)33-21-14-10-19(11-15-21)28-26(32)24-25(31-16-4-1-5-17-31)30-23-7-3-2-6-22(23)29-24/h2-3,6-15H,1,4-5,16-17H2,(H,28,32). The first kappa shape index (κ1) is 21.2. The van der Waals surface area contributed by atoms with Gasteiger partial charge in [0.15, 0.2) is 11.5 Å². The Hall–Kier alpha value is -3.64. The quantitative estimate of drug-likeness (QED) is 0.379. The molecule has 33 heavy (non-hydrogen) atoms. The van der Waals surface area contributed by atoms with Gasteiger partial charge in [-0.15, -0.1) is 0 Å². The van der Waals surface area contributed by atoms with Gasteiger partial charge in [-0.3, -0.25) is 4.79 Å². The van der Waals surface area contributed by atoms with Gasteiger partial charge in [0, 0.05) is 23.8 Å². The molecule has 0 atom stereocenters. The summed E-state index contributed by atoms with van der Waals surface area (Å²) >= 11 is 5.92. The number of ether oxygens (including phenoxy) is 1. The Morgan fingerprint density at radius 1 is 0.818 bits per heavy atom. The molecule has 0 unspecified atom stereocenters. The van der Waals surface area contributed by atoms with Crippen LogP contribution in [-0.4, -0.2) is 29.0 Å². The summed E-state index contributed by atoms with van der Waals surface area (Å²) in [5.41, 5.74) is 2.49. The zero-order valence-electron chi connectivity index (χ0n) is 18.0. The molecule has 3 aromatic carbocycles. The van der Waals surface area contributed by atoms with Crippen molar-refractivity contribution in [1.82, 2.24) is 9.97 Å². The number of hydrogen-bond acceptors (Lipinski definition) is 5. The Labute approximate surface area is 197 Å². The van der Waals surface area contributed by atoms with E-state index < -0.39 is 0 Å². The third kappa shape index (κ3) is 4.91. The normalized spacial score (nSPS) is 13.7. The van der Waals surface area contributed by atoms with Gasteiger partial charge >= 0.3 is 0 Å². The van der Waals surface area contributed by atoms with Crippen LogP contribution in [0.25, 0.3) is 11.0 Å². The van der Waals surface area contributed by atoms with Crippen molar-refractivity contribution in [2.24, 2.45) is 0 Å². The van der Waals surface area contributed by atoms with Crippen LogP contribution in [-0.2, 0) is 0 Å². The minimum Gasteiger partial charge on any atom is -0.457 e. The van der Waals surface area contributed by atoms with E-state index in [-0.39, 0.29) is 5.91 Å². The third-order valence-electron chi connectivity index (χ3n) is 5.58. The highest BCUT2D eigenvalue weighted by Gasteiger charge is 2.23. The van der Waals surface area contributed by atoms with Gasteiger partial charge in [-0.05, 0) is 79.9 Å². The van der Waals surface area contributed by atoms with Crippen molar-refractivity contribution in [2.45, 2.75) is 19.3 Å². The minimum absolute atomic E-state index is 0.278. The van der Waals surface area contributed by atoms with Crippen LogP contribution in [0.5, 0.6) is 11.5 Å². The number of halogens is 1. The Morgan fingerprint density at radius 3 is 2.09 bits per heavy atom. The van der Waals surface area contributed by atoms with Gasteiger partial charge in [0.2, 0.25) is 0 Å². The average molecular weight is 459 g/mol. The summed E-state index contributed by atoms with van der Waals surface area (Å²) in [6.07, 6.45) is 3.37. The molecule has 1 aliphatic heterocycles. The molecule has 166 valence electrons. The number of fused-ring (bicyclic) bond motifs is 1. The number of anilines is 2. The number of amides is 1. The molecule has 0 radical (unpaired) electrons. The Kier molecular flexibility index (Phi) is 6.09. The zero-order valence-corrected chi connectivity index (χ0v) is 18.8. The number of carbonyl (C=O) groups excluding carboxylic acids is 1. The van der Waals surface area contributed by atoms with Gasteiger partial charge in [-0.2, -0.15) is 0 Å². The molecule has 1 aliphatic rings. The molecule has 1 amide bonds. The highest BCUT2D eigenvalue weighted by atomic mass is 35.5. The molecular weight excluding hydrogens is 436 g/mol. The lowest BCUT2D eigenvalue weighted by Gasteiger charge is -2.29. The zero-order chi connectivity index (χ0) is 22.6. The van der Waals surface area contributed by atoms with Crippen LogP contribution in [0, 0.1) is 0 Å². The Morgan fingerprint density at radius 2 is 1.42 bits per heavy atom. The Balaban J connectivity index is 1.37. The van der Waals surface area contributed by atoms with Gasteiger partial charge in [0.25, 0.3) is 5.91 Å². The van der Waals surface area contributed by atoms with Crippen LogP contribution >= 0.6 is 11.6 Å². The largest absolute Gasteiger partial charge is 0.457 e. The fourth-order valence-electron chi connectivity index (χ4n) is 3.90.